The van der Waals surface area contributed by atoms with Crippen LogP contribution in [0.25, 0.3) is 0 Å². The quantitative estimate of drug-likeness (QED) is 0.0296. The molecule has 8 nitrogen and oxygen atoms in total. The van der Waals surface area contributed by atoms with E-state index < -0.39 is 18.1 Å². The molecule has 0 fully saturated rings. The van der Waals surface area contributed by atoms with Crippen LogP contribution in [-0.4, -0.2) is 80.6 Å². The van der Waals surface area contributed by atoms with Crippen LogP contribution >= 0.6 is 0 Å². The van der Waals surface area contributed by atoms with Gasteiger partial charge in [-0.25, -0.2) is 4.79 Å². The smallest absolute Gasteiger partial charge is 0.362 e. The topological polar surface area (TPSA) is 99.1 Å². The highest BCUT2D eigenvalue weighted by Gasteiger charge is 2.31. The van der Waals surface area contributed by atoms with Gasteiger partial charge in [0, 0.05) is 19.3 Å². The van der Waals surface area contributed by atoms with Crippen LogP contribution in [-0.2, 0) is 28.6 Å². The Kier molecular flexibility index (Phi) is 33.5. The van der Waals surface area contributed by atoms with E-state index in [4.69, 9.17) is 14.2 Å². The molecule has 0 saturated carbocycles. The van der Waals surface area contributed by atoms with Crippen LogP contribution < -0.4 is 0 Å². The van der Waals surface area contributed by atoms with E-state index in [-0.39, 0.29) is 36.2 Å². The molecule has 1 N–H and O–H groups in total. The number of carboxylic acid groups (broad SMARTS) is 1. The van der Waals surface area contributed by atoms with Crippen molar-refractivity contribution < 1.29 is 38.2 Å². The van der Waals surface area contributed by atoms with Crippen LogP contribution in [0.5, 0.6) is 0 Å². The zero-order chi connectivity index (χ0) is 38.5. The van der Waals surface area contributed by atoms with Crippen LogP contribution in [0, 0.1) is 0 Å². The molecule has 0 heterocycles. The van der Waals surface area contributed by atoms with Gasteiger partial charge in [0.25, 0.3) is 0 Å². The third kappa shape index (κ3) is 33.1. The van der Waals surface area contributed by atoms with Crippen molar-refractivity contribution in [3.05, 3.63) is 48.6 Å². The molecule has 8 heteroatoms. The highest BCUT2D eigenvalue weighted by Crippen LogP contribution is 2.15. The van der Waals surface area contributed by atoms with Crippen molar-refractivity contribution in [2.24, 2.45) is 0 Å². The van der Waals surface area contributed by atoms with Crippen molar-refractivity contribution >= 4 is 17.9 Å². The summed E-state index contributed by atoms with van der Waals surface area (Å²) < 4.78 is 17.2. The Morgan fingerprint density at radius 2 is 1.08 bits per heavy atom. The Balaban J connectivity index is 4.43. The molecule has 0 bridgehead atoms. The normalized spacial score (nSPS) is 13.5. The Labute approximate surface area is 318 Å². The summed E-state index contributed by atoms with van der Waals surface area (Å²) in [5, 5.41) is 9.60. The number of nitrogens with zero attached hydrogens (tertiary/aromatic N) is 1. The molecule has 2 unspecified atom stereocenters. The molecule has 0 saturated heterocycles. The fourth-order valence-corrected chi connectivity index (χ4v) is 5.87. The summed E-state index contributed by atoms with van der Waals surface area (Å²) in [7, 11) is 5.51. The predicted molar refractivity (Wildman–Crippen MR) is 215 cm³/mol. The average Bonchev–Trinajstić information content (AvgIpc) is 3.09. The molecule has 0 aliphatic carbocycles. The maximum atomic E-state index is 12.7. The zero-order valence-corrected chi connectivity index (χ0v) is 34.0. The molecular weight excluding hydrogens is 654 g/mol. The van der Waals surface area contributed by atoms with Gasteiger partial charge in [0.2, 0.25) is 0 Å². The van der Waals surface area contributed by atoms with Crippen molar-refractivity contribution in [2.45, 2.75) is 174 Å². The molecule has 52 heavy (non-hydrogen) atoms. The van der Waals surface area contributed by atoms with Crippen LogP contribution in [0.3, 0.4) is 0 Å². The van der Waals surface area contributed by atoms with E-state index in [9.17, 15) is 19.5 Å². The third-order valence-electron chi connectivity index (χ3n) is 9.09. The SMILES string of the molecule is CC/C=C/C=C/C=C/C=C/CCCCCC(=O)OCC(COCCC(C(=O)O)[N+](C)(C)C)OC(=O)CCCCCCCCCCCCCCCCC. The number of likely N-dealkylation sites (N-methyl/N-ethyl adjacent to an activating group) is 1. The molecule has 0 amide bonds. The first-order valence-electron chi connectivity index (χ1n) is 20.7. The predicted octanol–water partition coefficient (Wildman–Crippen LogP) is 10.9. The fraction of sp³-hybridized carbons (Fsp3) is 0.750. The van der Waals surface area contributed by atoms with E-state index in [1.165, 1.54) is 77.0 Å². The maximum absolute atomic E-state index is 12.7. The van der Waals surface area contributed by atoms with E-state index in [0.717, 1.165) is 51.4 Å². The van der Waals surface area contributed by atoms with Gasteiger partial charge < -0.3 is 23.8 Å². The van der Waals surface area contributed by atoms with Gasteiger partial charge >= 0.3 is 17.9 Å². The van der Waals surface area contributed by atoms with Gasteiger partial charge in [-0.1, -0.05) is 159 Å². The zero-order valence-electron chi connectivity index (χ0n) is 34.0. The number of carbonyl (C=O) groups is 3. The van der Waals surface area contributed by atoms with Gasteiger partial charge in [-0.2, -0.15) is 0 Å². The summed E-state index contributed by atoms with van der Waals surface area (Å²) in [6.45, 7) is 4.55. The number of hydrogen-bond acceptors (Lipinski definition) is 6. The third-order valence-corrected chi connectivity index (χ3v) is 9.09. The second kappa shape index (κ2) is 35.3. The number of allylic oxidation sites excluding steroid dienone is 8. The van der Waals surface area contributed by atoms with Gasteiger partial charge in [0.05, 0.1) is 34.4 Å². The summed E-state index contributed by atoms with van der Waals surface area (Å²) in [4.78, 5) is 36.9. The summed E-state index contributed by atoms with van der Waals surface area (Å²) in [5.41, 5.74) is 0. The Hall–Kier alpha value is -2.71. The lowest BCUT2D eigenvalue weighted by molar-refractivity contribution is -0.887. The molecular formula is C44H78NO7+. The molecule has 300 valence electrons. The average molecular weight is 733 g/mol. The van der Waals surface area contributed by atoms with Crippen molar-refractivity contribution in [1.29, 1.82) is 0 Å². The van der Waals surface area contributed by atoms with Gasteiger partial charge in [0.1, 0.15) is 6.61 Å². The highest BCUT2D eigenvalue weighted by atomic mass is 16.6. The monoisotopic (exact) mass is 733 g/mol. The maximum Gasteiger partial charge on any atom is 0.362 e. The van der Waals surface area contributed by atoms with Crippen molar-refractivity contribution in [1.82, 2.24) is 0 Å². The van der Waals surface area contributed by atoms with Crippen LogP contribution in [0.1, 0.15) is 162 Å². The van der Waals surface area contributed by atoms with E-state index in [0.29, 0.717) is 19.3 Å². The fourth-order valence-electron chi connectivity index (χ4n) is 5.87. The number of quaternary nitrogens is 1. The standard InChI is InChI=1S/C44H77NO7/c1-6-8-10-12-14-16-18-20-21-23-25-27-29-31-33-35-43(47)52-40(38-50-37-36-41(44(48)49)45(3,4)5)39-51-42(46)34-32-30-28-26-24-22-19-17-15-13-11-9-7-2/h9,11,13,15,17,19,22,24,40-41H,6-8,10,12,14,16,18,20-21,23,25-39H2,1-5H3/p+1/b11-9+,15-13+,19-17+,24-22+. The molecule has 0 spiro atoms. The van der Waals surface area contributed by atoms with E-state index in [1.807, 2.05) is 57.6 Å². The second-order valence-electron chi connectivity index (χ2n) is 15.0. The lowest BCUT2D eigenvalue weighted by Gasteiger charge is -2.31. The molecule has 2 atom stereocenters. The Bertz CT molecular complexity index is 995. The molecule has 0 rings (SSSR count). The minimum Gasteiger partial charge on any atom is -0.477 e. The van der Waals surface area contributed by atoms with Gasteiger partial charge in [-0.15, -0.1) is 0 Å². The number of carboxylic acids is 1. The summed E-state index contributed by atoms with van der Waals surface area (Å²) in [6.07, 6.45) is 40.1. The van der Waals surface area contributed by atoms with E-state index in [2.05, 4.69) is 26.0 Å². The molecule has 0 aromatic rings. The minimum atomic E-state index is -0.882. The number of rotatable bonds is 36. The minimum absolute atomic E-state index is 0.0490. The number of ether oxygens (including phenoxy) is 3. The van der Waals surface area contributed by atoms with Crippen LogP contribution in [0.4, 0.5) is 0 Å². The number of esters is 2. The van der Waals surface area contributed by atoms with Crippen molar-refractivity contribution in [3.8, 4) is 0 Å². The second-order valence-corrected chi connectivity index (χ2v) is 15.0. The highest BCUT2D eigenvalue weighted by molar-refractivity contribution is 5.72. The number of hydrogen-bond donors (Lipinski definition) is 1. The largest absolute Gasteiger partial charge is 0.477 e. The van der Waals surface area contributed by atoms with E-state index >= 15 is 0 Å². The number of carbonyl (C=O) groups excluding carboxylic acids is 2. The number of unbranched alkanes of at least 4 members (excludes halogenated alkanes) is 17. The van der Waals surface area contributed by atoms with E-state index in [1.54, 1.807) is 0 Å². The molecule has 0 aromatic heterocycles. The van der Waals surface area contributed by atoms with Gasteiger partial charge in [-0.3, -0.25) is 9.59 Å². The number of aliphatic carboxylic acids is 1. The first kappa shape index (κ1) is 49.3. The molecule has 0 aliphatic rings. The molecule has 0 aliphatic heterocycles. The Morgan fingerprint density at radius 1 is 0.596 bits per heavy atom. The lowest BCUT2D eigenvalue weighted by Crippen LogP contribution is -2.50. The summed E-state index contributed by atoms with van der Waals surface area (Å²) in [5.74, 6) is -1.52. The summed E-state index contributed by atoms with van der Waals surface area (Å²) in [6, 6.07) is -0.619. The van der Waals surface area contributed by atoms with Gasteiger partial charge in [0.15, 0.2) is 12.1 Å². The van der Waals surface area contributed by atoms with Crippen LogP contribution in [0.15, 0.2) is 48.6 Å². The molecule has 0 aromatic carbocycles. The first-order chi connectivity index (χ1) is 25.1. The van der Waals surface area contributed by atoms with Crippen LogP contribution in [0.2, 0.25) is 0 Å². The van der Waals surface area contributed by atoms with Crippen molar-refractivity contribution in [2.75, 3.05) is 41.0 Å². The first-order valence-corrected chi connectivity index (χ1v) is 20.7. The Morgan fingerprint density at radius 3 is 1.60 bits per heavy atom. The van der Waals surface area contributed by atoms with Gasteiger partial charge in [-0.05, 0) is 32.1 Å². The molecule has 0 radical (unpaired) electrons. The van der Waals surface area contributed by atoms with Crippen molar-refractivity contribution in [3.63, 3.8) is 0 Å². The lowest BCUT2D eigenvalue weighted by atomic mass is 10.0. The summed E-state index contributed by atoms with van der Waals surface area (Å²) >= 11 is 0.